The van der Waals surface area contributed by atoms with Crippen molar-refractivity contribution in [1.82, 2.24) is 15.2 Å². The van der Waals surface area contributed by atoms with Crippen LogP contribution in [0.15, 0.2) is 9.90 Å². The molecule has 108 valence electrons. The van der Waals surface area contributed by atoms with Crippen LogP contribution in [0.25, 0.3) is 0 Å². The molecule has 2 atom stereocenters. The number of nitrogens with one attached hydrogen (secondary N) is 2. The molecular weight excluding hydrogens is 254 g/mol. The Kier molecular flexibility index (Phi) is 3.80. The van der Waals surface area contributed by atoms with Crippen LogP contribution in [0.5, 0.6) is 0 Å². The molecule has 2 saturated carbocycles. The Morgan fingerprint density at radius 3 is 2.80 bits per heavy atom. The maximum Gasteiger partial charge on any atom is 0.274 e. The molecule has 1 heterocycles. The first-order valence-corrected chi connectivity index (χ1v) is 7.47. The van der Waals surface area contributed by atoms with Crippen LogP contribution >= 0.6 is 0 Å². The highest BCUT2D eigenvalue weighted by atomic mass is 16.1. The fourth-order valence-corrected chi connectivity index (χ4v) is 3.37. The quantitative estimate of drug-likeness (QED) is 0.811. The van der Waals surface area contributed by atoms with Gasteiger partial charge in [0.2, 0.25) is 5.95 Å². The second kappa shape index (κ2) is 5.73. The van der Waals surface area contributed by atoms with E-state index in [4.69, 9.17) is 0 Å². The van der Waals surface area contributed by atoms with Gasteiger partial charge in [-0.05, 0) is 44.4 Å². The highest BCUT2D eigenvalue weighted by molar-refractivity contribution is 5.85. The number of rotatable bonds is 2. The molecule has 0 spiro atoms. The van der Waals surface area contributed by atoms with E-state index in [1.165, 1.54) is 37.8 Å². The van der Waals surface area contributed by atoms with Gasteiger partial charge in [0.15, 0.2) is 0 Å². The van der Waals surface area contributed by atoms with Crippen molar-refractivity contribution in [2.24, 2.45) is 16.9 Å². The summed E-state index contributed by atoms with van der Waals surface area (Å²) in [7, 11) is 0. The van der Waals surface area contributed by atoms with E-state index < -0.39 is 0 Å². The van der Waals surface area contributed by atoms with Gasteiger partial charge in [0, 0.05) is 5.71 Å². The molecule has 0 unspecified atom stereocenters. The standard InChI is InChI=1S/C14H21N5O/c1-9-13(20)15-14(18-16-9)19-17-12-7-6-10-4-2-3-5-11(10)8-12/h10-11H,2-8H2,1H3,(H2,15,18,19,20)/b17-12+/t10-,11-/m0/s1. The third-order valence-electron chi connectivity index (χ3n) is 4.55. The predicted molar refractivity (Wildman–Crippen MR) is 77.7 cm³/mol. The third kappa shape index (κ3) is 2.89. The lowest BCUT2D eigenvalue weighted by Gasteiger charge is -2.35. The number of aromatic nitrogens is 3. The smallest absolute Gasteiger partial charge is 0.274 e. The summed E-state index contributed by atoms with van der Waals surface area (Å²) in [5.41, 5.74) is 4.17. The predicted octanol–water partition coefficient (Wildman–Crippen LogP) is 2.23. The van der Waals surface area contributed by atoms with Gasteiger partial charge in [-0.1, -0.05) is 19.3 Å². The van der Waals surface area contributed by atoms with Gasteiger partial charge in [-0.3, -0.25) is 9.78 Å². The lowest BCUT2D eigenvalue weighted by molar-refractivity contribution is 0.218. The molecule has 2 N–H and O–H groups in total. The van der Waals surface area contributed by atoms with Gasteiger partial charge in [0.25, 0.3) is 5.56 Å². The number of anilines is 1. The molecule has 0 amide bonds. The van der Waals surface area contributed by atoms with E-state index >= 15 is 0 Å². The molecular formula is C14H21N5O. The lowest BCUT2D eigenvalue weighted by atomic mass is 9.70. The summed E-state index contributed by atoms with van der Waals surface area (Å²) < 4.78 is 0. The SMILES string of the molecule is Cc1nnc(N/N=C2\CC[C@@H]3CCCC[C@H]3C2)[nH]c1=O. The van der Waals surface area contributed by atoms with Gasteiger partial charge in [-0.2, -0.15) is 5.10 Å². The number of H-pyrrole nitrogens is 1. The normalized spacial score (nSPS) is 28.1. The molecule has 20 heavy (non-hydrogen) atoms. The van der Waals surface area contributed by atoms with Crippen LogP contribution < -0.4 is 11.0 Å². The van der Waals surface area contributed by atoms with E-state index in [-0.39, 0.29) is 5.56 Å². The van der Waals surface area contributed by atoms with Crippen molar-refractivity contribution in [2.75, 3.05) is 5.43 Å². The van der Waals surface area contributed by atoms with Crippen molar-refractivity contribution in [3.05, 3.63) is 16.0 Å². The van der Waals surface area contributed by atoms with Gasteiger partial charge in [-0.15, -0.1) is 10.2 Å². The Bertz CT molecular complexity index is 565. The average molecular weight is 275 g/mol. The molecule has 2 aliphatic carbocycles. The zero-order valence-corrected chi connectivity index (χ0v) is 11.9. The summed E-state index contributed by atoms with van der Waals surface area (Å²) in [5, 5.41) is 12.1. The molecule has 2 fully saturated rings. The monoisotopic (exact) mass is 275 g/mol. The van der Waals surface area contributed by atoms with Crippen molar-refractivity contribution in [3.63, 3.8) is 0 Å². The van der Waals surface area contributed by atoms with Gasteiger partial charge in [0.05, 0.1) is 0 Å². The van der Waals surface area contributed by atoms with Crippen molar-refractivity contribution in [2.45, 2.75) is 51.9 Å². The first-order chi connectivity index (χ1) is 9.72. The number of nitrogens with zero attached hydrogens (tertiary/aromatic N) is 3. The van der Waals surface area contributed by atoms with E-state index in [1.807, 2.05) is 0 Å². The molecule has 0 aromatic carbocycles. The summed E-state index contributed by atoms with van der Waals surface area (Å²) in [6.45, 7) is 1.63. The van der Waals surface area contributed by atoms with Crippen LogP contribution in [0.3, 0.4) is 0 Å². The summed E-state index contributed by atoms with van der Waals surface area (Å²) in [6, 6.07) is 0. The van der Waals surface area contributed by atoms with E-state index in [0.717, 1.165) is 24.7 Å². The third-order valence-corrected chi connectivity index (χ3v) is 4.55. The Labute approximate surface area is 118 Å². The topological polar surface area (TPSA) is 83.0 Å². The van der Waals surface area contributed by atoms with Gasteiger partial charge < -0.3 is 0 Å². The minimum absolute atomic E-state index is 0.223. The van der Waals surface area contributed by atoms with Crippen molar-refractivity contribution in [1.29, 1.82) is 0 Å². The maximum absolute atomic E-state index is 11.4. The largest absolute Gasteiger partial charge is 0.288 e. The van der Waals surface area contributed by atoms with Crippen molar-refractivity contribution < 1.29 is 0 Å². The van der Waals surface area contributed by atoms with Crippen molar-refractivity contribution in [3.8, 4) is 0 Å². The number of hydrogen-bond acceptors (Lipinski definition) is 5. The van der Waals surface area contributed by atoms with E-state index in [1.54, 1.807) is 6.92 Å². The van der Waals surface area contributed by atoms with Crippen molar-refractivity contribution >= 4 is 11.7 Å². The number of fused-ring (bicyclic) bond motifs is 1. The van der Waals surface area contributed by atoms with Gasteiger partial charge >= 0.3 is 0 Å². The fraction of sp³-hybridized carbons (Fsp3) is 0.714. The Morgan fingerprint density at radius 2 is 2.00 bits per heavy atom. The second-order valence-electron chi connectivity index (χ2n) is 5.93. The number of hydrazone groups is 1. The van der Waals surface area contributed by atoms with Crippen LogP contribution in [0.4, 0.5) is 5.95 Å². The molecule has 0 aliphatic heterocycles. The summed E-state index contributed by atoms with van der Waals surface area (Å²) >= 11 is 0. The Hall–Kier alpha value is -1.72. The molecule has 0 radical (unpaired) electrons. The van der Waals surface area contributed by atoms with E-state index in [2.05, 4.69) is 25.7 Å². The first kappa shape index (κ1) is 13.3. The van der Waals surface area contributed by atoms with Crippen LogP contribution in [0, 0.1) is 18.8 Å². The molecule has 1 aromatic heterocycles. The molecule has 1 aromatic rings. The highest BCUT2D eigenvalue weighted by Gasteiger charge is 2.30. The summed E-state index contributed by atoms with van der Waals surface area (Å²) in [4.78, 5) is 14.1. The minimum Gasteiger partial charge on any atom is -0.288 e. The average Bonchev–Trinajstić information content (AvgIpc) is 2.48. The van der Waals surface area contributed by atoms with E-state index in [0.29, 0.717) is 11.6 Å². The number of hydrogen-bond donors (Lipinski definition) is 2. The highest BCUT2D eigenvalue weighted by Crippen LogP contribution is 2.39. The fourth-order valence-electron chi connectivity index (χ4n) is 3.37. The van der Waals surface area contributed by atoms with Crippen LogP contribution in [-0.2, 0) is 0 Å². The zero-order chi connectivity index (χ0) is 13.9. The van der Waals surface area contributed by atoms with Crippen LogP contribution in [-0.4, -0.2) is 20.9 Å². The molecule has 2 aliphatic rings. The maximum atomic E-state index is 11.4. The zero-order valence-electron chi connectivity index (χ0n) is 11.9. The molecule has 0 saturated heterocycles. The van der Waals surface area contributed by atoms with Gasteiger partial charge in [-0.25, -0.2) is 5.43 Å². The molecule has 0 bridgehead atoms. The minimum atomic E-state index is -0.223. The lowest BCUT2D eigenvalue weighted by Crippen LogP contribution is -2.28. The van der Waals surface area contributed by atoms with Crippen LogP contribution in [0.2, 0.25) is 0 Å². The number of aryl methyl sites for hydroxylation is 1. The van der Waals surface area contributed by atoms with Gasteiger partial charge in [0.1, 0.15) is 5.69 Å². The molecule has 3 rings (SSSR count). The summed E-state index contributed by atoms with van der Waals surface area (Å²) in [6.07, 6.45) is 8.87. The second-order valence-corrected chi connectivity index (χ2v) is 5.93. The number of aromatic amines is 1. The van der Waals surface area contributed by atoms with E-state index in [9.17, 15) is 4.79 Å². The Morgan fingerprint density at radius 1 is 1.20 bits per heavy atom. The first-order valence-electron chi connectivity index (χ1n) is 7.47. The van der Waals surface area contributed by atoms with Crippen LogP contribution in [0.1, 0.15) is 50.6 Å². The summed E-state index contributed by atoms with van der Waals surface area (Å²) in [5.74, 6) is 2.03. The Balaban J connectivity index is 1.64. The molecule has 6 heteroatoms. The molecule has 6 nitrogen and oxygen atoms in total.